The van der Waals surface area contributed by atoms with Crippen molar-refractivity contribution in [1.29, 1.82) is 0 Å². The lowest BCUT2D eigenvalue weighted by Gasteiger charge is -2.36. The molecule has 1 aromatic heterocycles. The standard InChI is InChI=1S/C18H27N3O3/c22-17(19-12-16-7-5-11-24-16)14-20-8-4-6-15(13-20)18(23)21-9-2-1-3-10-21/h5,7,11,15H,1-4,6,8-10,12-14H2,(H,19,22). The Balaban J connectivity index is 1.44. The summed E-state index contributed by atoms with van der Waals surface area (Å²) in [4.78, 5) is 28.9. The molecule has 2 aliphatic rings. The molecule has 3 rings (SSSR count). The second-order valence-corrected chi connectivity index (χ2v) is 6.82. The zero-order valence-electron chi connectivity index (χ0n) is 14.2. The van der Waals surface area contributed by atoms with E-state index in [9.17, 15) is 9.59 Å². The van der Waals surface area contributed by atoms with Crippen molar-refractivity contribution < 1.29 is 14.0 Å². The van der Waals surface area contributed by atoms with Gasteiger partial charge in [-0.1, -0.05) is 0 Å². The van der Waals surface area contributed by atoms with Crippen LogP contribution in [0.3, 0.4) is 0 Å². The van der Waals surface area contributed by atoms with Gasteiger partial charge in [-0.25, -0.2) is 0 Å². The minimum Gasteiger partial charge on any atom is -0.467 e. The molecule has 3 heterocycles. The van der Waals surface area contributed by atoms with Crippen LogP contribution in [0.2, 0.25) is 0 Å². The zero-order chi connectivity index (χ0) is 16.8. The Morgan fingerprint density at radius 3 is 2.75 bits per heavy atom. The van der Waals surface area contributed by atoms with E-state index in [1.54, 1.807) is 6.26 Å². The van der Waals surface area contributed by atoms with E-state index in [4.69, 9.17) is 4.42 Å². The van der Waals surface area contributed by atoms with Gasteiger partial charge in [0.05, 0.1) is 25.3 Å². The fourth-order valence-corrected chi connectivity index (χ4v) is 3.63. The highest BCUT2D eigenvalue weighted by Gasteiger charge is 2.30. The predicted octanol–water partition coefficient (Wildman–Crippen LogP) is 1.62. The summed E-state index contributed by atoms with van der Waals surface area (Å²) in [5.74, 6) is 1.07. The molecule has 0 bridgehead atoms. The van der Waals surface area contributed by atoms with Crippen LogP contribution in [0.15, 0.2) is 22.8 Å². The first-order valence-electron chi connectivity index (χ1n) is 9.02. The summed E-state index contributed by atoms with van der Waals surface area (Å²) < 4.78 is 5.21. The molecular weight excluding hydrogens is 306 g/mol. The molecule has 1 N–H and O–H groups in total. The third-order valence-corrected chi connectivity index (χ3v) is 4.93. The number of rotatable bonds is 5. The number of nitrogens with zero attached hydrogens (tertiary/aromatic N) is 2. The highest BCUT2D eigenvalue weighted by atomic mass is 16.3. The molecule has 132 valence electrons. The van der Waals surface area contributed by atoms with Gasteiger partial charge in [0.2, 0.25) is 11.8 Å². The number of likely N-dealkylation sites (tertiary alicyclic amines) is 2. The van der Waals surface area contributed by atoms with Gasteiger partial charge in [0, 0.05) is 19.6 Å². The average Bonchev–Trinajstić information content (AvgIpc) is 3.14. The van der Waals surface area contributed by atoms with Crippen molar-refractivity contribution in [2.75, 3.05) is 32.7 Å². The molecule has 6 heteroatoms. The van der Waals surface area contributed by atoms with Crippen LogP contribution in [0.5, 0.6) is 0 Å². The molecule has 0 radical (unpaired) electrons. The second-order valence-electron chi connectivity index (χ2n) is 6.82. The first-order chi connectivity index (χ1) is 11.7. The lowest BCUT2D eigenvalue weighted by molar-refractivity contribution is -0.139. The Labute approximate surface area is 143 Å². The lowest BCUT2D eigenvalue weighted by Crippen LogP contribution is -2.48. The Morgan fingerprint density at radius 2 is 2.00 bits per heavy atom. The number of hydrogen-bond acceptors (Lipinski definition) is 4. The van der Waals surface area contributed by atoms with Crippen molar-refractivity contribution in [3.05, 3.63) is 24.2 Å². The summed E-state index contributed by atoms with van der Waals surface area (Å²) in [5, 5.41) is 2.87. The van der Waals surface area contributed by atoms with Gasteiger partial charge in [-0.3, -0.25) is 14.5 Å². The number of carbonyl (C=O) groups is 2. The van der Waals surface area contributed by atoms with E-state index in [-0.39, 0.29) is 17.7 Å². The molecule has 0 aromatic carbocycles. The van der Waals surface area contributed by atoms with Gasteiger partial charge >= 0.3 is 0 Å². The maximum Gasteiger partial charge on any atom is 0.234 e. The van der Waals surface area contributed by atoms with E-state index < -0.39 is 0 Å². The molecular formula is C18H27N3O3. The van der Waals surface area contributed by atoms with Crippen LogP contribution >= 0.6 is 0 Å². The van der Waals surface area contributed by atoms with Crippen molar-refractivity contribution in [3.8, 4) is 0 Å². The van der Waals surface area contributed by atoms with E-state index in [2.05, 4.69) is 10.2 Å². The van der Waals surface area contributed by atoms with Gasteiger partial charge in [-0.15, -0.1) is 0 Å². The van der Waals surface area contributed by atoms with Crippen LogP contribution in [-0.4, -0.2) is 54.3 Å². The fraction of sp³-hybridized carbons (Fsp3) is 0.667. The number of amides is 2. The summed E-state index contributed by atoms with van der Waals surface area (Å²) in [7, 11) is 0. The van der Waals surface area contributed by atoms with Crippen LogP contribution in [0.25, 0.3) is 0 Å². The number of piperidine rings is 2. The van der Waals surface area contributed by atoms with Crippen molar-refractivity contribution in [2.45, 2.75) is 38.6 Å². The van der Waals surface area contributed by atoms with Crippen molar-refractivity contribution in [3.63, 3.8) is 0 Å². The molecule has 0 saturated carbocycles. The van der Waals surface area contributed by atoms with Crippen LogP contribution in [0.4, 0.5) is 0 Å². The fourth-order valence-electron chi connectivity index (χ4n) is 3.63. The van der Waals surface area contributed by atoms with E-state index in [0.29, 0.717) is 19.6 Å². The summed E-state index contributed by atoms with van der Waals surface area (Å²) >= 11 is 0. The molecule has 1 atom stereocenters. The molecule has 24 heavy (non-hydrogen) atoms. The van der Waals surface area contributed by atoms with Gasteiger partial charge < -0.3 is 14.6 Å². The normalized spacial score (nSPS) is 22.3. The molecule has 0 spiro atoms. The molecule has 2 aliphatic heterocycles. The molecule has 6 nitrogen and oxygen atoms in total. The van der Waals surface area contributed by atoms with E-state index >= 15 is 0 Å². The number of furan rings is 1. The Morgan fingerprint density at radius 1 is 1.17 bits per heavy atom. The van der Waals surface area contributed by atoms with Crippen LogP contribution < -0.4 is 5.32 Å². The third kappa shape index (κ3) is 4.60. The first kappa shape index (κ1) is 17.0. The Bertz CT molecular complexity index is 538. The maximum atomic E-state index is 12.7. The summed E-state index contributed by atoms with van der Waals surface area (Å²) in [6.07, 6.45) is 7.00. The lowest BCUT2D eigenvalue weighted by atomic mass is 9.95. The SMILES string of the molecule is O=C(CN1CCCC(C(=O)N2CCCCC2)C1)NCc1ccco1. The van der Waals surface area contributed by atoms with E-state index in [1.165, 1.54) is 6.42 Å². The molecule has 2 fully saturated rings. The number of carbonyl (C=O) groups excluding carboxylic acids is 2. The van der Waals surface area contributed by atoms with Crippen LogP contribution in [-0.2, 0) is 16.1 Å². The van der Waals surface area contributed by atoms with Gasteiger partial charge in [-0.05, 0) is 50.8 Å². The number of hydrogen-bond donors (Lipinski definition) is 1. The van der Waals surface area contributed by atoms with E-state index in [0.717, 1.165) is 51.1 Å². The summed E-state index contributed by atoms with van der Waals surface area (Å²) in [6.45, 7) is 4.15. The van der Waals surface area contributed by atoms with Gasteiger partial charge in [0.25, 0.3) is 0 Å². The molecule has 1 unspecified atom stereocenters. The minimum absolute atomic E-state index is 0.0162. The highest BCUT2D eigenvalue weighted by molar-refractivity contribution is 5.80. The van der Waals surface area contributed by atoms with Gasteiger partial charge in [-0.2, -0.15) is 0 Å². The van der Waals surface area contributed by atoms with Gasteiger partial charge in [0.15, 0.2) is 0 Å². The Hall–Kier alpha value is -1.82. The van der Waals surface area contributed by atoms with Crippen LogP contribution in [0, 0.1) is 5.92 Å². The van der Waals surface area contributed by atoms with Crippen molar-refractivity contribution in [2.24, 2.45) is 5.92 Å². The Kier molecular flexibility index (Phi) is 5.91. The summed E-state index contributed by atoms with van der Waals surface area (Å²) in [6, 6.07) is 3.65. The molecule has 1 aromatic rings. The second kappa shape index (κ2) is 8.33. The van der Waals surface area contributed by atoms with E-state index in [1.807, 2.05) is 17.0 Å². The third-order valence-electron chi connectivity index (χ3n) is 4.93. The first-order valence-corrected chi connectivity index (χ1v) is 9.02. The minimum atomic E-state index is -0.0162. The topological polar surface area (TPSA) is 65.8 Å². The van der Waals surface area contributed by atoms with Crippen molar-refractivity contribution in [1.82, 2.24) is 15.1 Å². The highest BCUT2D eigenvalue weighted by Crippen LogP contribution is 2.21. The van der Waals surface area contributed by atoms with Crippen LogP contribution in [0.1, 0.15) is 37.9 Å². The molecule has 0 aliphatic carbocycles. The smallest absolute Gasteiger partial charge is 0.234 e. The summed E-state index contributed by atoms with van der Waals surface area (Å²) in [5.41, 5.74) is 0. The number of nitrogens with one attached hydrogen (secondary N) is 1. The average molecular weight is 333 g/mol. The predicted molar refractivity (Wildman–Crippen MR) is 90.1 cm³/mol. The zero-order valence-corrected chi connectivity index (χ0v) is 14.2. The molecule has 2 saturated heterocycles. The molecule has 2 amide bonds. The maximum absolute atomic E-state index is 12.7. The largest absolute Gasteiger partial charge is 0.467 e. The van der Waals surface area contributed by atoms with Gasteiger partial charge in [0.1, 0.15) is 5.76 Å². The van der Waals surface area contributed by atoms with Crippen molar-refractivity contribution >= 4 is 11.8 Å². The monoisotopic (exact) mass is 333 g/mol. The quantitative estimate of drug-likeness (QED) is 0.889.